The second-order valence-electron chi connectivity index (χ2n) is 5.87. The normalized spacial score (nSPS) is 10.6. The molecule has 0 radical (unpaired) electrons. The Morgan fingerprint density at radius 1 is 1.20 bits per heavy atom. The zero-order valence-electron chi connectivity index (χ0n) is 15.0. The highest BCUT2D eigenvalue weighted by Gasteiger charge is 2.08. The zero-order valence-corrected chi connectivity index (χ0v) is 15.0. The molecule has 1 heterocycles. The standard InChI is InChI=1S/C18H25N5O2/c1-23(2)10-6-9-19-18-21-12-15(13-22-18)17(24)20-11-14-7-4-5-8-16(14)25-3/h4-5,7-8,12-13H,6,9-11H2,1-3H3,(H,20,24)(H,19,21,22). The molecule has 0 saturated heterocycles. The predicted octanol–water partition coefficient (Wildman–Crippen LogP) is 1.78. The molecule has 2 aromatic rings. The van der Waals surface area contributed by atoms with Gasteiger partial charge in [-0.1, -0.05) is 18.2 Å². The fourth-order valence-electron chi connectivity index (χ4n) is 2.26. The van der Waals surface area contributed by atoms with Crippen molar-refractivity contribution >= 4 is 11.9 Å². The Kier molecular flexibility index (Phi) is 7.16. The van der Waals surface area contributed by atoms with Crippen LogP contribution < -0.4 is 15.4 Å². The van der Waals surface area contributed by atoms with Gasteiger partial charge in [0.15, 0.2) is 0 Å². The Morgan fingerprint density at radius 3 is 2.60 bits per heavy atom. The Hall–Kier alpha value is -2.67. The molecule has 1 aromatic carbocycles. The summed E-state index contributed by atoms with van der Waals surface area (Å²) in [4.78, 5) is 22.7. The third kappa shape index (κ3) is 6.04. The van der Waals surface area contributed by atoms with Crippen LogP contribution in [0.15, 0.2) is 36.7 Å². The van der Waals surface area contributed by atoms with Crippen LogP contribution in [0.5, 0.6) is 5.75 Å². The largest absolute Gasteiger partial charge is 0.496 e. The highest BCUT2D eigenvalue weighted by Crippen LogP contribution is 2.16. The fourth-order valence-corrected chi connectivity index (χ4v) is 2.26. The highest BCUT2D eigenvalue weighted by atomic mass is 16.5. The minimum absolute atomic E-state index is 0.218. The molecule has 134 valence electrons. The molecule has 7 nitrogen and oxygen atoms in total. The number of nitrogens with zero attached hydrogens (tertiary/aromatic N) is 3. The van der Waals surface area contributed by atoms with Crippen LogP contribution in [0.3, 0.4) is 0 Å². The SMILES string of the molecule is COc1ccccc1CNC(=O)c1cnc(NCCCN(C)C)nc1. The minimum Gasteiger partial charge on any atom is -0.496 e. The van der Waals surface area contributed by atoms with Crippen LogP contribution in [-0.4, -0.2) is 55.1 Å². The second kappa shape index (κ2) is 9.58. The van der Waals surface area contributed by atoms with E-state index in [0.29, 0.717) is 18.1 Å². The summed E-state index contributed by atoms with van der Waals surface area (Å²) in [5, 5.41) is 5.99. The number of rotatable bonds is 9. The summed E-state index contributed by atoms with van der Waals surface area (Å²) in [6.45, 7) is 2.17. The molecule has 0 saturated carbocycles. The van der Waals surface area contributed by atoms with Crippen molar-refractivity contribution in [2.75, 3.05) is 39.6 Å². The number of benzene rings is 1. The van der Waals surface area contributed by atoms with Gasteiger partial charge in [-0.25, -0.2) is 9.97 Å². The number of hydrogen-bond donors (Lipinski definition) is 2. The van der Waals surface area contributed by atoms with Gasteiger partial charge in [-0.05, 0) is 33.1 Å². The summed E-state index contributed by atoms with van der Waals surface area (Å²) >= 11 is 0. The van der Waals surface area contributed by atoms with Crippen molar-refractivity contribution < 1.29 is 9.53 Å². The number of carbonyl (C=O) groups is 1. The van der Waals surface area contributed by atoms with E-state index in [1.54, 1.807) is 7.11 Å². The van der Waals surface area contributed by atoms with E-state index in [1.165, 1.54) is 12.4 Å². The fraction of sp³-hybridized carbons (Fsp3) is 0.389. The van der Waals surface area contributed by atoms with Crippen LogP contribution in [0.4, 0.5) is 5.95 Å². The van der Waals surface area contributed by atoms with E-state index < -0.39 is 0 Å². The number of amides is 1. The van der Waals surface area contributed by atoms with E-state index in [2.05, 4.69) is 25.5 Å². The van der Waals surface area contributed by atoms with Gasteiger partial charge in [0.1, 0.15) is 5.75 Å². The van der Waals surface area contributed by atoms with E-state index in [9.17, 15) is 4.79 Å². The average molecular weight is 343 g/mol. The lowest BCUT2D eigenvalue weighted by Crippen LogP contribution is -2.23. The molecule has 0 unspecified atom stereocenters. The maximum absolute atomic E-state index is 12.2. The van der Waals surface area contributed by atoms with E-state index in [0.717, 1.165) is 30.8 Å². The van der Waals surface area contributed by atoms with Crippen molar-refractivity contribution in [3.05, 3.63) is 47.8 Å². The lowest BCUT2D eigenvalue weighted by molar-refractivity contribution is 0.0950. The van der Waals surface area contributed by atoms with Gasteiger partial charge in [0.25, 0.3) is 5.91 Å². The molecule has 1 aromatic heterocycles. The first-order valence-corrected chi connectivity index (χ1v) is 8.21. The summed E-state index contributed by atoms with van der Waals surface area (Å²) in [5.74, 6) is 1.06. The van der Waals surface area contributed by atoms with Gasteiger partial charge < -0.3 is 20.3 Å². The maximum Gasteiger partial charge on any atom is 0.254 e. The third-order valence-corrected chi connectivity index (χ3v) is 3.61. The highest BCUT2D eigenvalue weighted by molar-refractivity contribution is 5.93. The zero-order chi connectivity index (χ0) is 18.1. The van der Waals surface area contributed by atoms with E-state index in [4.69, 9.17) is 4.74 Å². The molecule has 2 rings (SSSR count). The number of nitrogens with one attached hydrogen (secondary N) is 2. The summed E-state index contributed by atoms with van der Waals surface area (Å²) < 4.78 is 5.27. The van der Waals surface area contributed by atoms with Gasteiger partial charge in [0, 0.05) is 31.0 Å². The number of carbonyl (C=O) groups excluding carboxylic acids is 1. The van der Waals surface area contributed by atoms with Crippen LogP contribution in [0.2, 0.25) is 0 Å². The summed E-state index contributed by atoms with van der Waals surface area (Å²) in [5.41, 5.74) is 1.34. The first-order chi connectivity index (χ1) is 12.1. The molecule has 0 spiro atoms. The average Bonchev–Trinajstić information content (AvgIpc) is 2.64. The lowest BCUT2D eigenvalue weighted by Gasteiger charge is -2.10. The summed E-state index contributed by atoms with van der Waals surface area (Å²) in [7, 11) is 5.68. The van der Waals surface area contributed by atoms with Gasteiger partial charge in [-0.2, -0.15) is 0 Å². The number of methoxy groups -OCH3 is 1. The summed E-state index contributed by atoms with van der Waals surface area (Å²) in [6.07, 6.45) is 4.05. The Labute approximate surface area is 148 Å². The Bertz CT molecular complexity index is 673. The Morgan fingerprint density at radius 2 is 1.92 bits per heavy atom. The van der Waals surface area contributed by atoms with Crippen LogP contribution in [-0.2, 0) is 6.54 Å². The molecule has 0 fully saturated rings. The number of aromatic nitrogens is 2. The second-order valence-corrected chi connectivity index (χ2v) is 5.87. The maximum atomic E-state index is 12.2. The van der Waals surface area contributed by atoms with Gasteiger partial charge in [-0.3, -0.25) is 4.79 Å². The van der Waals surface area contributed by atoms with Crippen molar-refractivity contribution in [1.29, 1.82) is 0 Å². The van der Waals surface area contributed by atoms with Crippen molar-refractivity contribution in [3.63, 3.8) is 0 Å². The minimum atomic E-state index is -0.218. The van der Waals surface area contributed by atoms with Crippen LogP contribution in [0, 0.1) is 0 Å². The van der Waals surface area contributed by atoms with Crippen molar-refractivity contribution in [2.45, 2.75) is 13.0 Å². The molecule has 0 aliphatic rings. The van der Waals surface area contributed by atoms with E-state index in [1.807, 2.05) is 38.4 Å². The van der Waals surface area contributed by atoms with Gasteiger partial charge >= 0.3 is 0 Å². The first kappa shape index (κ1) is 18.7. The van der Waals surface area contributed by atoms with Crippen molar-refractivity contribution in [3.8, 4) is 5.75 Å². The summed E-state index contributed by atoms with van der Waals surface area (Å²) in [6, 6.07) is 7.57. The molecule has 1 amide bonds. The smallest absolute Gasteiger partial charge is 0.254 e. The number of para-hydroxylation sites is 1. The van der Waals surface area contributed by atoms with Crippen LogP contribution >= 0.6 is 0 Å². The molecule has 7 heteroatoms. The molecule has 0 bridgehead atoms. The number of anilines is 1. The van der Waals surface area contributed by atoms with Crippen LogP contribution in [0.1, 0.15) is 22.3 Å². The molecule has 25 heavy (non-hydrogen) atoms. The monoisotopic (exact) mass is 343 g/mol. The first-order valence-electron chi connectivity index (χ1n) is 8.21. The molecular weight excluding hydrogens is 318 g/mol. The van der Waals surface area contributed by atoms with Gasteiger partial charge in [0.05, 0.1) is 12.7 Å². The van der Waals surface area contributed by atoms with Crippen molar-refractivity contribution in [2.24, 2.45) is 0 Å². The quantitative estimate of drug-likeness (QED) is 0.676. The molecular formula is C18H25N5O2. The predicted molar refractivity (Wildman–Crippen MR) is 97.9 cm³/mol. The number of hydrogen-bond acceptors (Lipinski definition) is 6. The molecule has 0 atom stereocenters. The van der Waals surface area contributed by atoms with E-state index in [-0.39, 0.29) is 5.91 Å². The van der Waals surface area contributed by atoms with Crippen LogP contribution in [0.25, 0.3) is 0 Å². The molecule has 2 N–H and O–H groups in total. The lowest BCUT2D eigenvalue weighted by atomic mass is 10.2. The van der Waals surface area contributed by atoms with Gasteiger partial charge in [-0.15, -0.1) is 0 Å². The van der Waals surface area contributed by atoms with Crippen molar-refractivity contribution in [1.82, 2.24) is 20.2 Å². The van der Waals surface area contributed by atoms with Gasteiger partial charge in [0.2, 0.25) is 5.95 Å². The van der Waals surface area contributed by atoms with E-state index >= 15 is 0 Å². The molecule has 0 aliphatic carbocycles. The Balaban J connectivity index is 1.83. The third-order valence-electron chi connectivity index (χ3n) is 3.61. The molecule has 0 aliphatic heterocycles. The topological polar surface area (TPSA) is 79.4 Å². The number of ether oxygens (including phenoxy) is 1.